The number of anilines is 1. The van der Waals surface area contributed by atoms with Gasteiger partial charge in [0.2, 0.25) is 0 Å². The fourth-order valence-electron chi connectivity index (χ4n) is 4.44. The number of fused-ring (bicyclic) bond motifs is 1. The highest BCUT2D eigenvalue weighted by Gasteiger charge is 2.24. The van der Waals surface area contributed by atoms with E-state index in [0.717, 1.165) is 19.0 Å². The molecule has 3 aliphatic heterocycles. The van der Waals surface area contributed by atoms with Crippen molar-refractivity contribution in [3.63, 3.8) is 0 Å². The average Bonchev–Trinajstić information content (AvgIpc) is 3.21. The third-order valence-electron chi connectivity index (χ3n) is 5.75. The molecule has 0 bridgehead atoms. The first-order chi connectivity index (χ1) is 10.9. The first kappa shape index (κ1) is 14.5. The Balaban J connectivity index is 1.30. The van der Waals surface area contributed by atoms with Gasteiger partial charge in [-0.15, -0.1) is 0 Å². The normalized spacial score (nSPS) is 23.6. The molecule has 0 aromatic heterocycles. The summed E-state index contributed by atoms with van der Waals surface area (Å²) in [7, 11) is 0. The smallest absolute Gasteiger partial charge is 0.0419 e. The van der Waals surface area contributed by atoms with Crippen molar-refractivity contribution in [3.05, 3.63) is 29.3 Å². The second-order valence-electron chi connectivity index (χ2n) is 7.36. The van der Waals surface area contributed by atoms with Gasteiger partial charge in [-0.25, -0.2) is 0 Å². The quantitative estimate of drug-likeness (QED) is 0.922. The van der Waals surface area contributed by atoms with Crippen LogP contribution in [0.3, 0.4) is 0 Å². The van der Waals surface area contributed by atoms with Crippen LogP contribution in [0, 0.1) is 5.92 Å². The SMILES string of the molecule is c1cc2c(c(CN3CCC(CN4CCCC4)CC3)c1)NCC2. The summed E-state index contributed by atoms with van der Waals surface area (Å²) in [6.07, 6.45) is 6.81. The monoisotopic (exact) mass is 299 g/mol. The van der Waals surface area contributed by atoms with E-state index in [0.29, 0.717) is 0 Å². The maximum Gasteiger partial charge on any atom is 0.0419 e. The topological polar surface area (TPSA) is 18.5 Å². The Hall–Kier alpha value is -1.06. The zero-order valence-corrected chi connectivity index (χ0v) is 13.7. The standard InChI is InChI=1S/C19H29N3/c1-2-11-21(10-1)14-16-7-12-22(13-8-16)15-18-5-3-4-17-6-9-20-19(17)18/h3-5,16,20H,1-2,6-15H2. The summed E-state index contributed by atoms with van der Waals surface area (Å²) in [5.41, 5.74) is 4.45. The van der Waals surface area contributed by atoms with Crippen LogP contribution in [-0.2, 0) is 13.0 Å². The van der Waals surface area contributed by atoms with Crippen LogP contribution in [0.1, 0.15) is 36.8 Å². The zero-order chi connectivity index (χ0) is 14.8. The molecule has 3 heteroatoms. The number of benzene rings is 1. The number of hydrogen-bond donors (Lipinski definition) is 1. The molecule has 2 saturated heterocycles. The minimum absolute atomic E-state index is 0.939. The van der Waals surface area contributed by atoms with E-state index in [1.54, 1.807) is 0 Å². The van der Waals surface area contributed by atoms with Gasteiger partial charge < -0.3 is 10.2 Å². The first-order valence-corrected chi connectivity index (χ1v) is 9.18. The highest BCUT2D eigenvalue weighted by atomic mass is 15.2. The Labute approximate surface area is 134 Å². The molecule has 0 unspecified atom stereocenters. The largest absolute Gasteiger partial charge is 0.384 e. The van der Waals surface area contributed by atoms with Crippen molar-refractivity contribution in [2.75, 3.05) is 44.6 Å². The lowest BCUT2D eigenvalue weighted by Gasteiger charge is -2.34. The molecule has 1 aromatic rings. The number of nitrogens with one attached hydrogen (secondary N) is 1. The molecule has 0 atom stereocenters. The van der Waals surface area contributed by atoms with Gasteiger partial charge in [0.25, 0.3) is 0 Å². The molecule has 1 N–H and O–H groups in total. The lowest BCUT2D eigenvalue weighted by Crippen LogP contribution is -2.37. The first-order valence-electron chi connectivity index (χ1n) is 9.18. The third kappa shape index (κ3) is 3.16. The summed E-state index contributed by atoms with van der Waals surface area (Å²) in [5.74, 6) is 0.939. The Morgan fingerprint density at radius 1 is 1.00 bits per heavy atom. The van der Waals surface area contributed by atoms with Gasteiger partial charge in [0, 0.05) is 25.3 Å². The van der Waals surface area contributed by atoms with Gasteiger partial charge in [0.05, 0.1) is 0 Å². The van der Waals surface area contributed by atoms with E-state index >= 15 is 0 Å². The predicted molar refractivity (Wildman–Crippen MR) is 92.3 cm³/mol. The summed E-state index contributed by atoms with van der Waals surface area (Å²) in [6.45, 7) is 8.86. The molecule has 0 amide bonds. The van der Waals surface area contributed by atoms with E-state index in [1.165, 1.54) is 81.6 Å². The van der Waals surface area contributed by atoms with Gasteiger partial charge in [-0.1, -0.05) is 18.2 Å². The molecule has 3 aliphatic rings. The fraction of sp³-hybridized carbons (Fsp3) is 0.684. The summed E-state index contributed by atoms with van der Waals surface area (Å²) in [6, 6.07) is 6.83. The van der Waals surface area contributed by atoms with Crippen LogP contribution in [0.15, 0.2) is 18.2 Å². The van der Waals surface area contributed by atoms with Crippen molar-refractivity contribution in [2.24, 2.45) is 5.92 Å². The molecule has 2 fully saturated rings. The molecule has 0 aliphatic carbocycles. The van der Waals surface area contributed by atoms with Crippen LogP contribution in [0.2, 0.25) is 0 Å². The Morgan fingerprint density at radius 2 is 1.82 bits per heavy atom. The highest BCUT2D eigenvalue weighted by molar-refractivity contribution is 5.61. The van der Waals surface area contributed by atoms with Gasteiger partial charge in [0.15, 0.2) is 0 Å². The molecule has 4 rings (SSSR count). The molecule has 3 nitrogen and oxygen atoms in total. The van der Waals surface area contributed by atoms with Gasteiger partial charge in [-0.3, -0.25) is 4.90 Å². The van der Waals surface area contributed by atoms with Crippen LogP contribution in [0.4, 0.5) is 5.69 Å². The molecular weight excluding hydrogens is 270 g/mol. The van der Waals surface area contributed by atoms with Crippen LogP contribution in [0.25, 0.3) is 0 Å². The summed E-state index contributed by atoms with van der Waals surface area (Å²) in [5, 5.41) is 3.58. The molecule has 0 saturated carbocycles. The van der Waals surface area contributed by atoms with E-state index in [4.69, 9.17) is 0 Å². The highest BCUT2D eigenvalue weighted by Crippen LogP contribution is 2.29. The van der Waals surface area contributed by atoms with Crippen molar-refractivity contribution in [2.45, 2.75) is 38.6 Å². The second-order valence-corrected chi connectivity index (χ2v) is 7.36. The number of likely N-dealkylation sites (tertiary alicyclic amines) is 2. The fourth-order valence-corrected chi connectivity index (χ4v) is 4.44. The van der Waals surface area contributed by atoms with Crippen molar-refractivity contribution in [1.29, 1.82) is 0 Å². The molecule has 22 heavy (non-hydrogen) atoms. The number of hydrogen-bond acceptors (Lipinski definition) is 3. The number of para-hydroxylation sites is 1. The third-order valence-corrected chi connectivity index (χ3v) is 5.75. The van der Waals surface area contributed by atoms with Crippen LogP contribution < -0.4 is 5.32 Å². The zero-order valence-electron chi connectivity index (χ0n) is 13.7. The molecule has 0 radical (unpaired) electrons. The Morgan fingerprint density at radius 3 is 2.64 bits per heavy atom. The van der Waals surface area contributed by atoms with Gasteiger partial charge in [-0.2, -0.15) is 0 Å². The number of rotatable bonds is 4. The minimum atomic E-state index is 0.939. The maximum absolute atomic E-state index is 3.58. The lowest BCUT2D eigenvalue weighted by molar-refractivity contribution is 0.149. The number of piperidine rings is 1. The maximum atomic E-state index is 3.58. The van der Waals surface area contributed by atoms with Gasteiger partial charge in [-0.05, 0) is 75.3 Å². The predicted octanol–water partition coefficient (Wildman–Crippen LogP) is 2.96. The molecule has 120 valence electrons. The van der Waals surface area contributed by atoms with Crippen molar-refractivity contribution >= 4 is 5.69 Å². The average molecular weight is 299 g/mol. The van der Waals surface area contributed by atoms with Crippen LogP contribution >= 0.6 is 0 Å². The van der Waals surface area contributed by atoms with E-state index < -0.39 is 0 Å². The van der Waals surface area contributed by atoms with Crippen molar-refractivity contribution in [3.8, 4) is 0 Å². The van der Waals surface area contributed by atoms with E-state index in [9.17, 15) is 0 Å². The molecule has 3 heterocycles. The van der Waals surface area contributed by atoms with Crippen molar-refractivity contribution < 1.29 is 0 Å². The number of nitrogens with zero attached hydrogens (tertiary/aromatic N) is 2. The molecular formula is C19H29N3. The lowest BCUT2D eigenvalue weighted by atomic mass is 9.95. The van der Waals surface area contributed by atoms with E-state index in [-0.39, 0.29) is 0 Å². The van der Waals surface area contributed by atoms with Crippen LogP contribution in [-0.4, -0.2) is 49.1 Å². The van der Waals surface area contributed by atoms with E-state index in [2.05, 4.69) is 33.3 Å². The Kier molecular flexibility index (Phi) is 4.35. The summed E-state index contributed by atoms with van der Waals surface area (Å²) >= 11 is 0. The minimum Gasteiger partial charge on any atom is -0.384 e. The molecule has 0 spiro atoms. The summed E-state index contributed by atoms with van der Waals surface area (Å²) < 4.78 is 0. The Bertz CT molecular complexity index is 499. The second kappa shape index (κ2) is 6.59. The van der Waals surface area contributed by atoms with Crippen molar-refractivity contribution in [1.82, 2.24) is 9.80 Å². The molecule has 1 aromatic carbocycles. The van der Waals surface area contributed by atoms with E-state index in [1.807, 2.05) is 0 Å². The van der Waals surface area contributed by atoms with Crippen LogP contribution in [0.5, 0.6) is 0 Å². The van der Waals surface area contributed by atoms with Gasteiger partial charge >= 0.3 is 0 Å². The van der Waals surface area contributed by atoms with Gasteiger partial charge in [0.1, 0.15) is 0 Å². The summed E-state index contributed by atoms with van der Waals surface area (Å²) in [4.78, 5) is 5.35.